The summed E-state index contributed by atoms with van der Waals surface area (Å²) in [6.45, 7) is 1.42. The number of hydrogen-bond acceptors (Lipinski definition) is 5. The molecule has 0 spiro atoms. The Labute approximate surface area is 166 Å². The van der Waals surface area contributed by atoms with Gasteiger partial charge in [0, 0.05) is 38.3 Å². The standard InChI is InChI=1S/C21H26N2O4S/c1-28(25,26)19-7-4-16(5-8-19)6-9-20(24)23-21(17-10-13-27-14-11-17)18-3-2-12-22-15-18/h2-5,7-8,12,15,17,21H,6,9-11,13-14H2,1H3,(H,23,24)/t21-/m0/s1. The number of nitrogens with one attached hydrogen (secondary N) is 1. The number of rotatable bonds is 7. The van der Waals surface area contributed by atoms with Gasteiger partial charge in [0.05, 0.1) is 10.9 Å². The van der Waals surface area contributed by atoms with Crippen molar-refractivity contribution >= 4 is 15.7 Å². The van der Waals surface area contributed by atoms with Crippen LogP contribution in [0.15, 0.2) is 53.7 Å². The highest BCUT2D eigenvalue weighted by Crippen LogP contribution is 2.29. The summed E-state index contributed by atoms with van der Waals surface area (Å²) in [5, 5.41) is 3.18. The van der Waals surface area contributed by atoms with Crippen molar-refractivity contribution < 1.29 is 17.9 Å². The molecule has 1 N–H and O–H groups in total. The lowest BCUT2D eigenvalue weighted by Crippen LogP contribution is -2.36. The second kappa shape index (κ2) is 9.30. The van der Waals surface area contributed by atoms with E-state index >= 15 is 0 Å². The molecule has 2 aromatic rings. The first-order chi connectivity index (χ1) is 13.4. The molecule has 0 radical (unpaired) electrons. The number of amides is 1. The quantitative estimate of drug-likeness (QED) is 0.770. The van der Waals surface area contributed by atoms with Gasteiger partial charge in [-0.1, -0.05) is 18.2 Å². The summed E-state index contributed by atoms with van der Waals surface area (Å²) >= 11 is 0. The highest BCUT2D eigenvalue weighted by atomic mass is 32.2. The number of sulfone groups is 1. The van der Waals surface area contributed by atoms with Gasteiger partial charge in [-0.3, -0.25) is 9.78 Å². The number of benzene rings is 1. The maximum Gasteiger partial charge on any atom is 0.220 e. The Hall–Kier alpha value is -2.25. The number of carbonyl (C=O) groups is 1. The first-order valence-electron chi connectivity index (χ1n) is 9.49. The van der Waals surface area contributed by atoms with Crippen molar-refractivity contribution in [3.05, 3.63) is 59.9 Å². The zero-order chi connectivity index (χ0) is 20.0. The summed E-state index contributed by atoms with van der Waals surface area (Å²) in [6, 6.07) is 10.5. The van der Waals surface area contributed by atoms with Gasteiger partial charge in [-0.2, -0.15) is 0 Å². The monoisotopic (exact) mass is 402 g/mol. The minimum absolute atomic E-state index is 0.0208. The fourth-order valence-electron chi connectivity index (χ4n) is 3.49. The van der Waals surface area contributed by atoms with E-state index in [-0.39, 0.29) is 16.8 Å². The molecule has 1 atom stereocenters. The van der Waals surface area contributed by atoms with Gasteiger partial charge in [0.15, 0.2) is 9.84 Å². The number of pyridine rings is 1. The van der Waals surface area contributed by atoms with E-state index in [4.69, 9.17) is 4.74 Å². The van der Waals surface area contributed by atoms with Gasteiger partial charge in [0.2, 0.25) is 5.91 Å². The fourth-order valence-corrected chi connectivity index (χ4v) is 4.12. The molecule has 0 aliphatic carbocycles. The molecule has 0 saturated carbocycles. The van der Waals surface area contributed by atoms with Crippen molar-refractivity contribution in [2.45, 2.75) is 36.6 Å². The summed E-state index contributed by atoms with van der Waals surface area (Å²) in [5.74, 6) is 0.309. The summed E-state index contributed by atoms with van der Waals surface area (Å²) in [6.07, 6.45) is 7.45. The van der Waals surface area contributed by atoms with Crippen LogP contribution < -0.4 is 5.32 Å². The van der Waals surface area contributed by atoms with Crippen LogP contribution in [-0.4, -0.2) is 38.8 Å². The second-order valence-electron chi connectivity index (χ2n) is 7.20. The maximum atomic E-state index is 12.6. The van der Waals surface area contributed by atoms with Gasteiger partial charge in [0.25, 0.3) is 0 Å². The van der Waals surface area contributed by atoms with Crippen molar-refractivity contribution in [1.82, 2.24) is 10.3 Å². The van der Waals surface area contributed by atoms with Crippen LogP contribution >= 0.6 is 0 Å². The lowest BCUT2D eigenvalue weighted by molar-refractivity contribution is -0.122. The topological polar surface area (TPSA) is 85.4 Å². The molecular formula is C21H26N2O4S. The van der Waals surface area contributed by atoms with E-state index in [0.717, 1.165) is 24.0 Å². The molecule has 7 heteroatoms. The molecule has 0 unspecified atom stereocenters. The molecule has 3 rings (SSSR count). The zero-order valence-electron chi connectivity index (χ0n) is 16.0. The van der Waals surface area contributed by atoms with E-state index < -0.39 is 9.84 Å². The Kier molecular flexibility index (Phi) is 6.80. The van der Waals surface area contributed by atoms with Gasteiger partial charge < -0.3 is 10.1 Å². The SMILES string of the molecule is CS(=O)(=O)c1ccc(CCC(=O)N[C@H](c2cccnc2)C2CCOCC2)cc1. The molecule has 1 aliphatic rings. The Morgan fingerprint density at radius 3 is 2.54 bits per heavy atom. The van der Waals surface area contributed by atoms with Crippen LogP contribution in [0.25, 0.3) is 0 Å². The minimum Gasteiger partial charge on any atom is -0.381 e. The van der Waals surface area contributed by atoms with Gasteiger partial charge >= 0.3 is 0 Å². The van der Waals surface area contributed by atoms with Crippen molar-refractivity contribution in [3.8, 4) is 0 Å². The number of nitrogens with zero attached hydrogens (tertiary/aromatic N) is 1. The maximum absolute atomic E-state index is 12.6. The molecule has 1 aromatic heterocycles. The molecule has 1 fully saturated rings. The predicted octanol–water partition coefficient (Wildman–Crippen LogP) is 2.70. The molecule has 1 aromatic carbocycles. The normalized spacial score (nSPS) is 16.5. The first kappa shape index (κ1) is 20.5. The van der Waals surface area contributed by atoms with Gasteiger partial charge in [0.1, 0.15) is 0 Å². The molecule has 2 heterocycles. The van der Waals surface area contributed by atoms with Crippen LogP contribution in [0.1, 0.15) is 36.4 Å². The van der Waals surface area contributed by atoms with E-state index in [9.17, 15) is 13.2 Å². The zero-order valence-corrected chi connectivity index (χ0v) is 16.8. The summed E-state index contributed by atoms with van der Waals surface area (Å²) in [4.78, 5) is 17.1. The van der Waals surface area contributed by atoms with Crippen LogP contribution in [0.5, 0.6) is 0 Å². The molecule has 28 heavy (non-hydrogen) atoms. The van der Waals surface area contributed by atoms with E-state index in [0.29, 0.717) is 32.0 Å². The lowest BCUT2D eigenvalue weighted by atomic mass is 9.87. The molecule has 1 saturated heterocycles. The Balaban J connectivity index is 1.62. The number of hydrogen-bond donors (Lipinski definition) is 1. The summed E-state index contributed by atoms with van der Waals surface area (Å²) in [7, 11) is -3.21. The number of aryl methyl sites for hydroxylation is 1. The van der Waals surface area contributed by atoms with Crippen molar-refractivity contribution in [2.24, 2.45) is 5.92 Å². The van der Waals surface area contributed by atoms with Crippen molar-refractivity contribution in [2.75, 3.05) is 19.5 Å². The summed E-state index contributed by atoms with van der Waals surface area (Å²) < 4.78 is 28.5. The molecule has 6 nitrogen and oxygen atoms in total. The minimum atomic E-state index is -3.21. The predicted molar refractivity (Wildman–Crippen MR) is 107 cm³/mol. The van der Waals surface area contributed by atoms with Crippen LogP contribution in [-0.2, 0) is 25.8 Å². The van der Waals surface area contributed by atoms with Crippen LogP contribution in [0, 0.1) is 5.92 Å². The van der Waals surface area contributed by atoms with E-state index in [2.05, 4.69) is 10.3 Å². The van der Waals surface area contributed by atoms with Gasteiger partial charge in [-0.25, -0.2) is 8.42 Å². The molecule has 1 aliphatic heterocycles. The second-order valence-corrected chi connectivity index (χ2v) is 9.21. The number of ether oxygens (including phenoxy) is 1. The Morgan fingerprint density at radius 2 is 1.93 bits per heavy atom. The third-order valence-electron chi connectivity index (χ3n) is 5.09. The molecule has 0 bridgehead atoms. The first-order valence-corrected chi connectivity index (χ1v) is 11.4. The third-order valence-corrected chi connectivity index (χ3v) is 6.22. The smallest absolute Gasteiger partial charge is 0.220 e. The van der Waals surface area contributed by atoms with Crippen LogP contribution in [0.2, 0.25) is 0 Å². The van der Waals surface area contributed by atoms with E-state index in [1.165, 1.54) is 6.26 Å². The Bertz CT molecular complexity index is 876. The van der Waals surface area contributed by atoms with Crippen molar-refractivity contribution in [1.29, 1.82) is 0 Å². The van der Waals surface area contributed by atoms with Crippen molar-refractivity contribution in [3.63, 3.8) is 0 Å². The van der Waals surface area contributed by atoms with Crippen LogP contribution in [0.3, 0.4) is 0 Å². The molecular weight excluding hydrogens is 376 g/mol. The van der Waals surface area contributed by atoms with Crippen LogP contribution in [0.4, 0.5) is 0 Å². The van der Waals surface area contributed by atoms with E-state index in [1.807, 2.05) is 18.3 Å². The highest BCUT2D eigenvalue weighted by molar-refractivity contribution is 7.90. The highest BCUT2D eigenvalue weighted by Gasteiger charge is 2.27. The number of carbonyl (C=O) groups excluding carboxylic acids is 1. The lowest BCUT2D eigenvalue weighted by Gasteiger charge is -2.31. The number of aromatic nitrogens is 1. The average molecular weight is 403 g/mol. The Morgan fingerprint density at radius 1 is 1.21 bits per heavy atom. The molecule has 150 valence electrons. The third kappa shape index (κ3) is 5.62. The van der Waals surface area contributed by atoms with Gasteiger partial charge in [-0.15, -0.1) is 0 Å². The molecule has 1 amide bonds. The average Bonchev–Trinajstić information content (AvgIpc) is 2.71. The van der Waals surface area contributed by atoms with Gasteiger partial charge in [-0.05, 0) is 54.5 Å². The van der Waals surface area contributed by atoms with E-state index in [1.54, 1.807) is 30.5 Å². The summed E-state index contributed by atoms with van der Waals surface area (Å²) in [5.41, 5.74) is 1.95. The fraction of sp³-hybridized carbons (Fsp3) is 0.429. The largest absolute Gasteiger partial charge is 0.381 e.